The average molecular weight is 397 g/mol. The predicted octanol–water partition coefficient (Wildman–Crippen LogP) is 2.70. The van der Waals surface area contributed by atoms with Crippen molar-refractivity contribution < 1.29 is 28.6 Å². The molecule has 152 valence electrons. The maximum atomic E-state index is 12.6. The van der Waals surface area contributed by atoms with Crippen molar-refractivity contribution in [3.63, 3.8) is 0 Å². The highest BCUT2D eigenvalue weighted by Gasteiger charge is 2.44. The van der Waals surface area contributed by atoms with E-state index in [0.717, 1.165) is 0 Å². The summed E-state index contributed by atoms with van der Waals surface area (Å²) in [6, 6.07) is 15.9. The fourth-order valence-electron chi connectivity index (χ4n) is 3.06. The third-order valence-electron chi connectivity index (χ3n) is 4.43. The molecule has 1 heterocycles. The molecule has 0 radical (unpaired) electrons. The van der Waals surface area contributed by atoms with Crippen molar-refractivity contribution in [2.75, 3.05) is 26.4 Å². The highest BCUT2D eigenvalue weighted by molar-refractivity contribution is 6.21. The Bertz CT molecular complexity index is 858. The van der Waals surface area contributed by atoms with E-state index < -0.39 is 11.5 Å². The van der Waals surface area contributed by atoms with Gasteiger partial charge in [0, 0.05) is 0 Å². The van der Waals surface area contributed by atoms with E-state index in [1.807, 2.05) is 30.3 Å². The second-order valence-electron chi connectivity index (χ2n) is 7.18. The second kappa shape index (κ2) is 8.87. The molecule has 2 aromatic rings. The topological polar surface area (TPSA) is 82.1 Å². The highest BCUT2D eigenvalue weighted by atomic mass is 16.6. The second-order valence-corrected chi connectivity index (χ2v) is 7.18. The molecular formula is C22H23NO6. The molecule has 3 rings (SSSR count). The number of nitrogens with zero attached hydrogens (tertiary/aromatic N) is 1. The number of hydrogen-bond donors (Lipinski definition) is 0. The Balaban J connectivity index is 1.42. The fourth-order valence-corrected chi connectivity index (χ4v) is 3.06. The van der Waals surface area contributed by atoms with Gasteiger partial charge in [0.2, 0.25) is 0 Å². The van der Waals surface area contributed by atoms with Crippen LogP contribution in [0.25, 0.3) is 0 Å². The van der Waals surface area contributed by atoms with Crippen molar-refractivity contribution in [1.82, 2.24) is 4.90 Å². The van der Waals surface area contributed by atoms with E-state index in [4.69, 9.17) is 14.2 Å². The summed E-state index contributed by atoms with van der Waals surface area (Å²) in [5.41, 5.74) is -0.157. The van der Waals surface area contributed by atoms with Crippen LogP contribution >= 0.6 is 0 Å². The third-order valence-corrected chi connectivity index (χ3v) is 4.43. The Morgan fingerprint density at radius 1 is 0.897 bits per heavy atom. The third kappa shape index (κ3) is 4.81. The van der Waals surface area contributed by atoms with Gasteiger partial charge < -0.3 is 14.2 Å². The standard InChI is InChI=1S/C22H23NO6/c1-22(2,23-20(25)17-10-6-7-11-18(17)21(23)26)15-27-14-19(24)29-13-12-28-16-8-4-3-5-9-16/h3-11H,12-15H2,1-2H3. The van der Waals surface area contributed by atoms with Crippen LogP contribution in [0, 0.1) is 0 Å². The zero-order valence-electron chi connectivity index (χ0n) is 16.4. The van der Waals surface area contributed by atoms with Gasteiger partial charge in [-0.1, -0.05) is 30.3 Å². The quantitative estimate of drug-likeness (QED) is 0.368. The maximum Gasteiger partial charge on any atom is 0.332 e. The molecule has 0 aromatic heterocycles. The van der Waals surface area contributed by atoms with Crippen molar-refractivity contribution >= 4 is 17.8 Å². The fraction of sp³-hybridized carbons (Fsp3) is 0.318. The maximum absolute atomic E-state index is 12.6. The summed E-state index contributed by atoms with van der Waals surface area (Å²) >= 11 is 0. The van der Waals surface area contributed by atoms with Gasteiger partial charge in [0.25, 0.3) is 11.8 Å². The summed E-state index contributed by atoms with van der Waals surface area (Å²) in [6.45, 7) is 3.49. The Kier molecular flexibility index (Phi) is 6.29. The summed E-state index contributed by atoms with van der Waals surface area (Å²) in [5.74, 6) is -0.568. The lowest BCUT2D eigenvalue weighted by atomic mass is 10.0. The number of esters is 1. The van der Waals surface area contributed by atoms with E-state index >= 15 is 0 Å². The number of carbonyl (C=O) groups is 3. The summed E-state index contributed by atoms with van der Waals surface area (Å²) in [7, 11) is 0. The van der Waals surface area contributed by atoms with Crippen LogP contribution in [0.1, 0.15) is 34.6 Å². The molecule has 29 heavy (non-hydrogen) atoms. The largest absolute Gasteiger partial charge is 0.490 e. The normalized spacial score (nSPS) is 13.4. The minimum Gasteiger partial charge on any atom is -0.490 e. The van der Waals surface area contributed by atoms with E-state index in [-0.39, 0.29) is 38.2 Å². The molecule has 0 saturated carbocycles. The van der Waals surface area contributed by atoms with Crippen LogP contribution in [0.15, 0.2) is 54.6 Å². The smallest absolute Gasteiger partial charge is 0.332 e. The van der Waals surface area contributed by atoms with E-state index in [1.165, 1.54) is 4.90 Å². The lowest BCUT2D eigenvalue weighted by Crippen LogP contribution is -2.50. The van der Waals surface area contributed by atoms with E-state index in [2.05, 4.69) is 0 Å². The molecule has 0 aliphatic carbocycles. The lowest BCUT2D eigenvalue weighted by Gasteiger charge is -2.33. The van der Waals surface area contributed by atoms with Crippen molar-refractivity contribution in [3.8, 4) is 5.75 Å². The number of rotatable bonds is 9. The van der Waals surface area contributed by atoms with Gasteiger partial charge in [-0.05, 0) is 38.1 Å². The first-order chi connectivity index (χ1) is 13.9. The summed E-state index contributed by atoms with van der Waals surface area (Å²) in [5, 5.41) is 0. The Morgan fingerprint density at radius 3 is 2.10 bits per heavy atom. The highest BCUT2D eigenvalue weighted by Crippen LogP contribution is 2.29. The van der Waals surface area contributed by atoms with Crippen LogP contribution in [-0.4, -0.2) is 54.7 Å². The Morgan fingerprint density at radius 2 is 1.48 bits per heavy atom. The molecule has 1 aliphatic heterocycles. The Labute approximate surface area is 169 Å². The lowest BCUT2D eigenvalue weighted by molar-refractivity contribution is -0.150. The summed E-state index contributed by atoms with van der Waals surface area (Å²) < 4.78 is 15.9. The number of hydrogen-bond acceptors (Lipinski definition) is 6. The number of ether oxygens (including phenoxy) is 3. The van der Waals surface area contributed by atoms with Crippen LogP contribution < -0.4 is 4.74 Å². The number of imide groups is 1. The average Bonchev–Trinajstić information content (AvgIpc) is 2.97. The van der Waals surface area contributed by atoms with Crippen molar-refractivity contribution in [1.29, 1.82) is 0 Å². The van der Waals surface area contributed by atoms with Crippen LogP contribution in [-0.2, 0) is 14.3 Å². The summed E-state index contributed by atoms with van der Waals surface area (Å²) in [4.78, 5) is 38.2. The molecule has 7 nitrogen and oxygen atoms in total. The minimum atomic E-state index is -0.913. The van der Waals surface area contributed by atoms with E-state index in [9.17, 15) is 14.4 Å². The van der Waals surface area contributed by atoms with Crippen molar-refractivity contribution in [2.24, 2.45) is 0 Å². The molecule has 2 aromatic carbocycles. The first kappa shape index (κ1) is 20.5. The van der Waals surface area contributed by atoms with Crippen molar-refractivity contribution in [3.05, 3.63) is 65.7 Å². The number of fused-ring (bicyclic) bond motifs is 1. The summed E-state index contributed by atoms with van der Waals surface area (Å²) in [6.07, 6.45) is 0. The SMILES string of the molecule is CC(C)(COCC(=O)OCCOc1ccccc1)N1C(=O)c2ccccc2C1=O. The van der Waals surface area contributed by atoms with Gasteiger partial charge in [0.1, 0.15) is 25.6 Å². The molecule has 0 fully saturated rings. The van der Waals surface area contributed by atoms with Gasteiger partial charge in [0.05, 0.1) is 23.3 Å². The molecule has 0 spiro atoms. The van der Waals surface area contributed by atoms with Gasteiger partial charge in [-0.3, -0.25) is 14.5 Å². The van der Waals surface area contributed by atoms with Gasteiger partial charge in [-0.25, -0.2) is 4.79 Å². The van der Waals surface area contributed by atoms with Gasteiger partial charge >= 0.3 is 5.97 Å². The van der Waals surface area contributed by atoms with Crippen molar-refractivity contribution in [2.45, 2.75) is 19.4 Å². The first-order valence-corrected chi connectivity index (χ1v) is 9.29. The van der Waals surface area contributed by atoms with Gasteiger partial charge in [-0.2, -0.15) is 0 Å². The number of para-hydroxylation sites is 1. The molecule has 1 aliphatic rings. The van der Waals surface area contributed by atoms with Crippen LogP contribution in [0.4, 0.5) is 0 Å². The predicted molar refractivity (Wildman–Crippen MR) is 105 cm³/mol. The minimum absolute atomic E-state index is 0.00802. The molecule has 0 N–H and O–H groups in total. The van der Waals surface area contributed by atoms with Crippen LogP contribution in [0.3, 0.4) is 0 Å². The number of benzene rings is 2. The zero-order valence-corrected chi connectivity index (χ0v) is 16.4. The molecule has 2 amide bonds. The van der Waals surface area contributed by atoms with Gasteiger partial charge in [0.15, 0.2) is 0 Å². The number of carbonyl (C=O) groups excluding carboxylic acids is 3. The molecule has 7 heteroatoms. The molecule has 0 saturated heterocycles. The van der Waals surface area contributed by atoms with Crippen LogP contribution in [0.2, 0.25) is 0 Å². The van der Waals surface area contributed by atoms with Crippen LogP contribution in [0.5, 0.6) is 5.75 Å². The van der Waals surface area contributed by atoms with Gasteiger partial charge in [-0.15, -0.1) is 0 Å². The zero-order chi connectivity index (χ0) is 20.9. The Hall–Kier alpha value is -3.19. The monoisotopic (exact) mass is 397 g/mol. The molecule has 0 unspecified atom stereocenters. The molecule has 0 atom stereocenters. The van der Waals surface area contributed by atoms with E-state index in [1.54, 1.807) is 38.1 Å². The molecule has 0 bridgehead atoms. The first-order valence-electron chi connectivity index (χ1n) is 9.29. The van der Waals surface area contributed by atoms with E-state index in [0.29, 0.717) is 16.9 Å². The molecular weight excluding hydrogens is 374 g/mol. The number of amides is 2.